The third-order valence-corrected chi connectivity index (χ3v) is 3.51. The molecule has 1 aliphatic rings. The number of nitrogens with zero attached hydrogens (tertiary/aromatic N) is 2. The van der Waals surface area contributed by atoms with Gasteiger partial charge in [-0.25, -0.2) is 4.98 Å². The first-order valence-electron chi connectivity index (χ1n) is 5.39. The highest BCUT2D eigenvalue weighted by atomic mass is 79.9. The molecule has 0 spiro atoms. The lowest BCUT2D eigenvalue weighted by atomic mass is 10.1. The molecule has 0 saturated carbocycles. The second-order valence-corrected chi connectivity index (χ2v) is 5.38. The fourth-order valence-corrected chi connectivity index (χ4v) is 2.55. The molecule has 1 aliphatic heterocycles. The van der Waals surface area contributed by atoms with E-state index < -0.39 is 11.7 Å². The lowest BCUT2D eigenvalue weighted by Gasteiger charge is -2.31. The van der Waals surface area contributed by atoms with Crippen molar-refractivity contribution in [2.24, 2.45) is 0 Å². The number of aromatic nitrogens is 1. The van der Waals surface area contributed by atoms with E-state index in [-0.39, 0.29) is 0 Å². The maximum Gasteiger partial charge on any atom is 0.417 e. The van der Waals surface area contributed by atoms with E-state index in [1.54, 1.807) is 0 Å². The average molecular weight is 309 g/mol. The van der Waals surface area contributed by atoms with E-state index in [4.69, 9.17) is 0 Å². The van der Waals surface area contributed by atoms with Gasteiger partial charge in [-0.15, -0.1) is 0 Å². The van der Waals surface area contributed by atoms with Gasteiger partial charge in [0.25, 0.3) is 0 Å². The van der Waals surface area contributed by atoms with E-state index >= 15 is 0 Å². The average Bonchev–Trinajstić information content (AvgIpc) is 2.28. The molecule has 2 heterocycles. The smallest absolute Gasteiger partial charge is 0.356 e. The first kappa shape index (κ1) is 12.7. The fraction of sp³-hybridized carbons (Fsp3) is 0.545. The fourth-order valence-electron chi connectivity index (χ4n) is 1.87. The summed E-state index contributed by atoms with van der Waals surface area (Å²) in [5.74, 6) is 0.613. The number of hydrogen-bond acceptors (Lipinski definition) is 2. The van der Waals surface area contributed by atoms with E-state index in [2.05, 4.69) is 20.9 Å². The van der Waals surface area contributed by atoms with Crippen molar-refractivity contribution in [3.05, 3.63) is 23.9 Å². The zero-order valence-corrected chi connectivity index (χ0v) is 10.6. The summed E-state index contributed by atoms with van der Waals surface area (Å²) in [4.78, 5) is 6.28. The number of rotatable bonds is 1. The molecule has 0 aliphatic carbocycles. The summed E-state index contributed by atoms with van der Waals surface area (Å²) in [5.41, 5.74) is -0.700. The number of alkyl halides is 4. The van der Waals surface area contributed by atoms with Gasteiger partial charge in [-0.3, -0.25) is 0 Å². The second-order valence-electron chi connectivity index (χ2n) is 4.09. The van der Waals surface area contributed by atoms with Crippen LogP contribution in [0.1, 0.15) is 18.4 Å². The van der Waals surface area contributed by atoms with Gasteiger partial charge in [0.05, 0.1) is 5.56 Å². The maximum atomic E-state index is 12.4. The van der Waals surface area contributed by atoms with Crippen molar-refractivity contribution in [2.45, 2.75) is 23.8 Å². The molecule has 1 aromatic heterocycles. The van der Waals surface area contributed by atoms with Gasteiger partial charge in [0.15, 0.2) is 0 Å². The molecule has 0 N–H and O–H groups in total. The van der Waals surface area contributed by atoms with Crippen molar-refractivity contribution in [2.75, 3.05) is 18.0 Å². The van der Waals surface area contributed by atoms with Crippen LogP contribution in [0.25, 0.3) is 0 Å². The van der Waals surface area contributed by atoms with Crippen molar-refractivity contribution >= 4 is 21.7 Å². The SMILES string of the molecule is FC(F)(F)c1ccc(N2CCCC(Br)C2)nc1. The molecule has 0 amide bonds. The van der Waals surface area contributed by atoms with Gasteiger partial charge < -0.3 is 4.90 Å². The van der Waals surface area contributed by atoms with Crippen LogP contribution in [-0.4, -0.2) is 22.9 Å². The normalized spacial score (nSPS) is 21.6. The molecule has 1 fully saturated rings. The van der Waals surface area contributed by atoms with Crippen molar-refractivity contribution in [1.29, 1.82) is 0 Å². The summed E-state index contributed by atoms with van der Waals surface area (Å²) < 4.78 is 37.1. The number of halogens is 4. The maximum absolute atomic E-state index is 12.4. The molecule has 1 saturated heterocycles. The van der Waals surface area contributed by atoms with Crippen LogP contribution in [0.5, 0.6) is 0 Å². The zero-order chi connectivity index (χ0) is 12.5. The van der Waals surface area contributed by atoms with Gasteiger partial charge >= 0.3 is 6.18 Å². The minimum Gasteiger partial charge on any atom is -0.356 e. The van der Waals surface area contributed by atoms with Crippen molar-refractivity contribution < 1.29 is 13.2 Å². The summed E-state index contributed by atoms with van der Waals surface area (Å²) >= 11 is 3.52. The first-order chi connectivity index (χ1) is 7.97. The van der Waals surface area contributed by atoms with Gasteiger partial charge in [-0.2, -0.15) is 13.2 Å². The van der Waals surface area contributed by atoms with Crippen molar-refractivity contribution in [3.63, 3.8) is 0 Å². The van der Waals surface area contributed by atoms with E-state index in [9.17, 15) is 13.2 Å². The molecule has 94 valence electrons. The highest BCUT2D eigenvalue weighted by Gasteiger charge is 2.31. The van der Waals surface area contributed by atoms with E-state index in [1.165, 1.54) is 6.07 Å². The molecule has 1 unspecified atom stereocenters. The van der Waals surface area contributed by atoms with Crippen LogP contribution >= 0.6 is 15.9 Å². The number of hydrogen-bond donors (Lipinski definition) is 0. The Morgan fingerprint density at radius 3 is 2.65 bits per heavy atom. The molecular weight excluding hydrogens is 297 g/mol. The molecule has 17 heavy (non-hydrogen) atoms. The van der Waals surface area contributed by atoms with Crippen LogP contribution in [0.15, 0.2) is 18.3 Å². The third kappa shape index (κ3) is 3.12. The molecule has 2 nitrogen and oxygen atoms in total. The minimum atomic E-state index is -4.31. The van der Waals surface area contributed by atoms with Crippen LogP contribution in [-0.2, 0) is 6.18 Å². The summed E-state index contributed by atoms with van der Waals surface area (Å²) in [6, 6.07) is 2.52. The number of piperidine rings is 1. The van der Waals surface area contributed by atoms with Crippen LogP contribution in [0.2, 0.25) is 0 Å². The Morgan fingerprint density at radius 1 is 1.35 bits per heavy atom. The molecule has 1 aromatic rings. The van der Waals surface area contributed by atoms with Crippen LogP contribution in [0.4, 0.5) is 19.0 Å². The largest absolute Gasteiger partial charge is 0.417 e. The molecule has 0 aromatic carbocycles. The topological polar surface area (TPSA) is 16.1 Å². The Bertz CT molecular complexity index is 377. The summed E-state index contributed by atoms with van der Waals surface area (Å²) in [5, 5.41) is 0. The van der Waals surface area contributed by atoms with Crippen LogP contribution in [0.3, 0.4) is 0 Å². The summed E-state index contributed by atoms with van der Waals surface area (Å²) in [7, 11) is 0. The highest BCUT2D eigenvalue weighted by molar-refractivity contribution is 9.09. The van der Waals surface area contributed by atoms with Gasteiger partial charge in [0.1, 0.15) is 5.82 Å². The predicted octanol–water partition coefficient (Wildman–Crippen LogP) is 3.46. The van der Waals surface area contributed by atoms with Crippen molar-refractivity contribution in [3.8, 4) is 0 Å². The molecule has 2 rings (SSSR count). The first-order valence-corrected chi connectivity index (χ1v) is 6.30. The zero-order valence-electron chi connectivity index (χ0n) is 9.04. The van der Waals surface area contributed by atoms with E-state index in [1.807, 2.05) is 4.90 Å². The predicted molar refractivity (Wildman–Crippen MR) is 63.4 cm³/mol. The Kier molecular flexibility index (Phi) is 3.61. The Labute approximate surface area is 106 Å². The highest BCUT2D eigenvalue weighted by Crippen LogP contribution is 2.30. The van der Waals surface area contributed by atoms with Crippen LogP contribution in [0, 0.1) is 0 Å². The van der Waals surface area contributed by atoms with Gasteiger partial charge in [0, 0.05) is 24.1 Å². The van der Waals surface area contributed by atoms with Gasteiger partial charge in [-0.05, 0) is 25.0 Å². The lowest BCUT2D eigenvalue weighted by Crippen LogP contribution is -2.36. The second kappa shape index (κ2) is 4.84. The van der Waals surface area contributed by atoms with Gasteiger partial charge in [-0.1, -0.05) is 15.9 Å². The molecule has 0 bridgehead atoms. The number of pyridine rings is 1. The van der Waals surface area contributed by atoms with Gasteiger partial charge in [0.2, 0.25) is 0 Å². The molecule has 1 atom stereocenters. The van der Waals surface area contributed by atoms with E-state index in [0.29, 0.717) is 10.6 Å². The lowest BCUT2D eigenvalue weighted by molar-refractivity contribution is -0.137. The van der Waals surface area contributed by atoms with Crippen LogP contribution < -0.4 is 4.90 Å². The summed E-state index contributed by atoms with van der Waals surface area (Å²) in [6.07, 6.45) is -1.30. The third-order valence-electron chi connectivity index (χ3n) is 2.76. The Balaban J connectivity index is 2.12. The molecular formula is C11H12BrF3N2. The summed E-state index contributed by atoms with van der Waals surface area (Å²) in [6.45, 7) is 1.64. The standard InChI is InChI=1S/C11H12BrF3N2/c12-9-2-1-5-17(7-9)10-4-3-8(6-16-10)11(13,14)15/h3-4,6,9H,1-2,5,7H2. The Morgan fingerprint density at radius 2 is 2.12 bits per heavy atom. The van der Waals surface area contributed by atoms with Crippen molar-refractivity contribution in [1.82, 2.24) is 4.98 Å². The quantitative estimate of drug-likeness (QED) is 0.739. The number of anilines is 1. The molecule has 0 radical (unpaired) electrons. The molecule has 6 heteroatoms. The minimum absolute atomic E-state index is 0.389. The monoisotopic (exact) mass is 308 g/mol. The Hall–Kier alpha value is -0.780. The van der Waals surface area contributed by atoms with E-state index in [0.717, 1.165) is 38.2 Å².